The number of hydrogen-bond donors (Lipinski definition) is 2. The number of amides is 2. The van der Waals surface area contributed by atoms with Gasteiger partial charge in [-0.15, -0.1) is 0 Å². The molecule has 0 heterocycles. The van der Waals surface area contributed by atoms with E-state index in [1.54, 1.807) is 0 Å². The van der Waals surface area contributed by atoms with Crippen molar-refractivity contribution in [3.05, 3.63) is 34.4 Å². The Labute approximate surface area is 171 Å². The summed E-state index contributed by atoms with van der Waals surface area (Å²) in [5, 5.41) is 5.28. The van der Waals surface area contributed by atoms with E-state index >= 15 is 0 Å². The second kappa shape index (κ2) is 6.68. The summed E-state index contributed by atoms with van der Waals surface area (Å²) in [7, 11) is 0. The Morgan fingerprint density at radius 3 is 1.20 bits per heavy atom. The van der Waals surface area contributed by atoms with E-state index < -0.39 is 46.8 Å². The quantitative estimate of drug-likeness (QED) is 0.668. The number of hydrogen-bond acceptors (Lipinski definition) is 6. The van der Waals surface area contributed by atoms with Crippen LogP contribution in [0.15, 0.2) is 12.1 Å². The maximum atomic E-state index is 12.7. The van der Waals surface area contributed by atoms with E-state index in [9.17, 15) is 28.8 Å². The Morgan fingerprint density at radius 1 is 0.633 bits per heavy atom. The van der Waals surface area contributed by atoms with Gasteiger partial charge < -0.3 is 10.6 Å². The summed E-state index contributed by atoms with van der Waals surface area (Å²) in [6.07, 6.45) is 4.05. The fraction of sp³-hybridized carbons (Fsp3) is 0.455. The van der Waals surface area contributed by atoms with E-state index in [-0.39, 0.29) is 22.3 Å². The highest BCUT2D eigenvalue weighted by molar-refractivity contribution is 6.39. The molecule has 0 bridgehead atoms. The first kappa shape index (κ1) is 18.8. The average molecular weight is 408 g/mol. The maximum absolute atomic E-state index is 12.7. The minimum absolute atomic E-state index is 0.0366. The van der Waals surface area contributed by atoms with Crippen molar-refractivity contribution in [3.8, 4) is 0 Å². The van der Waals surface area contributed by atoms with Crippen LogP contribution in [0.5, 0.6) is 0 Å². The van der Waals surface area contributed by atoms with Gasteiger partial charge in [0.1, 0.15) is 0 Å². The topological polar surface area (TPSA) is 126 Å². The first-order valence-electron chi connectivity index (χ1n) is 10.3. The summed E-state index contributed by atoms with van der Waals surface area (Å²) in [4.78, 5) is 75.7. The summed E-state index contributed by atoms with van der Waals surface area (Å²) >= 11 is 0. The third-order valence-electron chi connectivity index (χ3n) is 6.32. The standard InChI is InChI=1S/C22H20N2O6/c25-17-11-5-13-14(20(28)16(19(13)27)22(30)24-8-10-3-4-10)6-12(11)18(26)15(17)21(29)23-7-9-1-2-9/h5-6,9-10,15-16H,1-4,7-8H2,(H,23,29)(H,24,30). The van der Waals surface area contributed by atoms with Gasteiger partial charge in [0.25, 0.3) is 0 Å². The van der Waals surface area contributed by atoms with Gasteiger partial charge in [-0.05, 0) is 49.7 Å². The van der Waals surface area contributed by atoms with Crippen molar-refractivity contribution in [3.63, 3.8) is 0 Å². The molecule has 0 aliphatic heterocycles. The lowest BCUT2D eigenvalue weighted by Gasteiger charge is -2.08. The molecule has 0 saturated heterocycles. The Hall–Kier alpha value is -3.16. The van der Waals surface area contributed by atoms with Gasteiger partial charge in [0, 0.05) is 35.3 Å². The molecule has 8 nitrogen and oxygen atoms in total. The highest BCUT2D eigenvalue weighted by Crippen LogP contribution is 2.36. The number of benzene rings is 1. The van der Waals surface area contributed by atoms with Gasteiger partial charge in [0.05, 0.1) is 0 Å². The van der Waals surface area contributed by atoms with Crippen molar-refractivity contribution >= 4 is 34.9 Å². The molecule has 2 N–H and O–H groups in total. The number of ketones is 4. The molecular weight excluding hydrogens is 388 g/mol. The Morgan fingerprint density at radius 2 is 0.933 bits per heavy atom. The molecule has 4 aliphatic rings. The predicted molar refractivity (Wildman–Crippen MR) is 102 cm³/mol. The third-order valence-corrected chi connectivity index (χ3v) is 6.32. The van der Waals surface area contributed by atoms with Crippen LogP contribution in [0.2, 0.25) is 0 Å². The van der Waals surface area contributed by atoms with Crippen LogP contribution in [-0.4, -0.2) is 48.0 Å². The van der Waals surface area contributed by atoms with Crippen LogP contribution in [0.1, 0.15) is 67.1 Å². The number of fused-ring (bicyclic) bond motifs is 2. The first-order chi connectivity index (χ1) is 14.4. The number of nitrogens with one attached hydrogen (secondary N) is 2. The summed E-state index contributed by atoms with van der Waals surface area (Å²) in [6, 6.07) is 2.40. The van der Waals surface area contributed by atoms with E-state index in [0.717, 1.165) is 25.7 Å². The van der Waals surface area contributed by atoms with E-state index in [0.29, 0.717) is 24.9 Å². The molecule has 1 aromatic carbocycles. The maximum Gasteiger partial charge on any atom is 0.238 e. The van der Waals surface area contributed by atoms with Gasteiger partial charge in [-0.1, -0.05) is 0 Å². The van der Waals surface area contributed by atoms with Crippen LogP contribution < -0.4 is 10.6 Å². The molecule has 0 aromatic heterocycles. The van der Waals surface area contributed by atoms with Crippen molar-refractivity contribution in [1.82, 2.24) is 10.6 Å². The van der Waals surface area contributed by atoms with Crippen molar-refractivity contribution in [2.24, 2.45) is 23.7 Å². The van der Waals surface area contributed by atoms with Gasteiger partial charge >= 0.3 is 0 Å². The Balaban J connectivity index is 1.39. The predicted octanol–water partition coefficient (Wildman–Crippen LogP) is 0.729. The zero-order valence-electron chi connectivity index (χ0n) is 16.2. The van der Waals surface area contributed by atoms with Crippen LogP contribution in [0.4, 0.5) is 0 Å². The van der Waals surface area contributed by atoms with Crippen molar-refractivity contribution in [2.45, 2.75) is 25.7 Å². The summed E-state index contributed by atoms with van der Waals surface area (Å²) in [5.74, 6) is -6.17. The van der Waals surface area contributed by atoms with Gasteiger partial charge in [-0.25, -0.2) is 0 Å². The lowest BCUT2D eigenvalue weighted by Crippen LogP contribution is -2.38. The molecule has 30 heavy (non-hydrogen) atoms. The minimum Gasteiger partial charge on any atom is -0.355 e. The number of rotatable bonds is 6. The summed E-state index contributed by atoms with van der Waals surface area (Å²) < 4.78 is 0. The smallest absolute Gasteiger partial charge is 0.238 e. The van der Waals surface area contributed by atoms with Crippen LogP contribution in [0, 0.1) is 23.7 Å². The molecule has 4 aliphatic carbocycles. The van der Waals surface area contributed by atoms with Crippen LogP contribution >= 0.6 is 0 Å². The number of carbonyl (C=O) groups is 6. The fourth-order valence-corrected chi connectivity index (χ4v) is 4.09. The zero-order valence-corrected chi connectivity index (χ0v) is 16.2. The largest absolute Gasteiger partial charge is 0.355 e. The molecule has 0 atom stereocenters. The number of carbonyl (C=O) groups excluding carboxylic acids is 6. The fourth-order valence-electron chi connectivity index (χ4n) is 4.09. The third kappa shape index (κ3) is 2.98. The monoisotopic (exact) mass is 408 g/mol. The summed E-state index contributed by atoms with van der Waals surface area (Å²) in [6.45, 7) is 0.856. The van der Waals surface area contributed by atoms with Gasteiger partial charge in [0.15, 0.2) is 35.0 Å². The van der Waals surface area contributed by atoms with E-state index in [1.165, 1.54) is 12.1 Å². The van der Waals surface area contributed by atoms with E-state index in [4.69, 9.17) is 0 Å². The first-order valence-corrected chi connectivity index (χ1v) is 10.3. The average Bonchev–Trinajstić information content (AvgIpc) is 3.64. The highest BCUT2D eigenvalue weighted by Gasteiger charge is 2.49. The second-order valence-corrected chi connectivity index (χ2v) is 8.64. The van der Waals surface area contributed by atoms with Crippen molar-refractivity contribution < 1.29 is 28.8 Å². The molecule has 154 valence electrons. The number of Topliss-reactive ketones (excluding diaryl/α,β-unsaturated/α-hetero) is 4. The molecule has 2 amide bonds. The Kier molecular flexibility index (Phi) is 4.20. The van der Waals surface area contributed by atoms with Gasteiger partial charge in [-0.2, -0.15) is 0 Å². The molecular formula is C22H20N2O6. The highest BCUT2D eigenvalue weighted by atomic mass is 16.2. The van der Waals surface area contributed by atoms with Crippen molar-refractivity contribution in [1.29, 1.82) is 0 Å². The van der Waals surface area contributed by atoms with Crippen LogP contribution in [0.3, 0.4) is 0 Å². The molecule has 5 rings (SSSR count). The minimum atomic E-state index is -1.48. The summed E-state index contributed by atoms with van der Waals surface area (Å²) in [5.41, 5.74) is -0.146. The molecule has 2 fully saturated rings. The van der Waals surface area contributed by atoms with Crippen LogP contribution in [-0.2, 0) is 9.59 Å². The lowest BCUT2D eigenvalue weighted by atomic mass is 10.0. The molecule has 1 aromatic rings. The zero-order chi connectivity index (χ0) is 21.2. The normalized spacial score (nSPS) is 21.1. The lowest BCUT2D eigenvalue weighted by molar-refractivity contribution is -0.123. The molecule has 8 heteroatoms. The second-order valence-electron chi connectivity index (χ2n) is 8.64. The Bertz CT molecular complexity index is 916. The molecule has 2 saturated carbocycles. The van der Waals surface area contributed by atoms with Gasteiger partial charge in [0.2, 0.25) is 11.8 Å². The van der Waals surface area contributed by atoms with Crippen LogP contribution in [0.25, 0.3) is 0 Å². The van der Waals surface area contributed by atoms with E-state index in [2.05, 4.69) is 10.6 Å². The molecule has 0 unspecified atom stereocenters. The molecule has 0 spiro atoms. The van der Waals surface area contributed by atoms with E-state index in [1.807, 2.05) is 0 Å². The molecule has 0 radical (unpaired) electrons. The van der Waals surface area contributed by atoms with Gasteiger partial charge in [-0.3, -0.25) is 28.8 Å². The SMILES string of the molecule is O=C(NCC1CC1)C1C(=O)c2cc3c(cc2C1=O)C(=O)C(C(=O)NCC1CC1)C3=O. The van der Waals surface area contributed by atoms with Crippen molar-refractivity contribution in [2.75, 3.05) is 13.1 Å².